The smallest absolute Gasteiger partial charge is 0.253 e. The van der Waals surface area contributed by atoms with Gasteiger partial charge in [-0.2, -0.15) is 0 Å². The Labute approximate surface area is 134 Å². The number of carbonyl (C=O) groups excluding carboxylic acids is 1. The summed E-state index contributed by atoms with van der Waals surface area (Å²) in [5, 5.41) is 3.40. The van der Waals surface area contributed by atoms with Crippen LogP contribution in [-0.2, 0) is 0 Å². The van der Waals surface area contributed by atoms with Crippen LogP contribution in [0.2, 0.25) is 10.2 Å². The van der Waals surface area contributed by atoms with Gasteiger partial charge in [0, 0.05) is 6.20 Å². The van der Waals surface area contributed by atoms with Crippen LogP contribution in [0, 0.1) is 13.8 Å². The zero-order valence-electron chi connectivity index (χ0n) is 12.1. The number of hydrogen-bond donors (Lipinski definition) is 1. The average molecular weight is 323 g/mol. The second-order valence-corrected chi connectivity index (χ2v) is 5.82. The Balaban J connectivity index is 2.18. The number of pyridine rings is 1. The van der Waals surface area contributed by atoms with Gasteiger partial charge in [-0.1, -0.05) is 47.0 Å². The molecule has 1 aromatic heterocycles. The summed E-state index contributed by atoms with van der Waals surface area (Å²) in [6, 6.07) is 7.59. The van der Waals surface area contributed by atoms with E-state index in [9.17, 15) is 4.79 Å². The number of hydrogen-bond acceptors (Lipinski definition) is 2. The monoisotopic (exact) mass is 322 g/mol. The molecule has 0 bridgehead atoms. The largest absolute Gasteiger partial charge is 0.345 e. The van der Waals surface area contributed by atoms with E-state index in [4.69, 9.17) is 23.2 Å². The van der Waals surface area contributed by atoms with Crippen molar-refractivity contribution in [3.63, 3.8) is 0 Å². The first-order chi connectivity index (χ1) is 9.88. The minimum atomic E-state index is -0.227. The fourth-order valence-corrected chi connectivity index (χ4v) is 2.40. The first-order valence-corrected chi connectivity index (χ1v) is 7.33. The number of nitrogens with zero attached hydrogens (tertiary/aromatic N) is 1. The van der Waals surface area contributed by atoms with E-state index in [1.807, 2.05) is 26.8 Å². The van der Waals surface area contributed by atoms with Crippen molar-refractivity contribution in [2.24, 2.45) is 0 Å². The number of benzene rings is 1. The van der Waals surface area contributed by atoms with Gasteiger partial charge < -0.3 is 5.32 Å². The molecule has 0 saturated carbocycles. The van der Waals surface area contributed by atoms with E-state index in [1.165, 1.54) is 12.3 Å². The predicted octanol–water partition coefficient (Wildman–Crippen LogP) is 4.50. The van der Waals surface area contributed by atoms with Gasteiger partial charge in [0.2, 0.25) is 0 Å². The third kappa shape index (κ3) is 3.74. The van der Waals surface area contributed by atoms with Gasteiger partial charge in [0.15, 0.2) is 0 Å². The van der Waals surface area contributed by atoms with Crippen LogP contribution in [0.25, 0.3) is 0 Å². The van der Waals surface area contributed by atoms with Crippen molar-refractivity contribution in [1.82, 2.24) is 10.3 Å². The summed E-state index contributed by atoms with van der Waals surface area (Å²) in [5.74, 6) is -0.227. The quantitative estimate of drug-likeness (QED) is 0.845. The maximum atomic E-state index is 12.2. The van der Waals surface area contributed by atoms with E-state index in [0.717, 1.165) is 16.7 Å². The predicted molar refractivity (Wildman–Crippen MR) is 86.1 cm³/mol. The summed E-state index contributed by atoms with van der Waals surface area (Å²) in [4.78, 5) is 16.1. The number of amides is 1. The Morgan fingerprint density at radius 1 is 1.24 bits per heavy atom. The second-order valence-electron chi connectivity index (χ2n) is 5.05. The molecule has 0 aliphatic rings. The third-order valence-corrected chi connectivity index (χ3v) is 3.99. The van der Waals surface area contributed by atoms with Crippen molar-refractivity contribution in [3.8, 4) is 0 Å². The van der Waals surface area contributed by atoms with Gasteiger partial charge in [0.1, 0.15) is 5.15 Å². The van der Waals surface area contributed by atoms with Gasteiger partial charge in [-0.15, -0.1) is 0 Å². The van der Waals surface area contributed by atoms with Gasteiger partial charge in [-0.25, -0.2) is 4.98 Å². The minimum Gasteiger partial charge on any atom is -0.345 e. The molecular formula is C16H16Cl2N2O. The van der Waals surface area contributed by atoms with Crippen molar-refractivity contribution in [2.75, 3.05) is 0 Å². The summed E-state index contributed by atoms with van der Waals surface area (Å²) in [7, 11) is 0. The number of aromatic nitrogens is 1. The van der Waals surface area contributed by atoms with Gasteiger partial charge in [-0.3, -0.25) is 4.79 Å². The van der Waals surface area contributed by atoms with E-state index in [1.54, 1.807) is 0 Å². The highest BCUT2D eigenvalue weighted by Gasteiger charge is 2.14. The number of halogens is 2. The van der Waals surface area contributed by atoms with Crippen LogP contribution in [0.4, 0.5) is 0 Å². The van der Waals surface area contributed by atoms with E-state index in [0.29, 0.717) is 5.56 Å². The lowest BCUT2D eigenvalue weighted by atomic mass is 10.00. The zero-order chi connectivity index (χ0) is 15.6. The molecule has 1 aromatic carbocycles. The van der Waals surface area contributed by atoms with Gasteiger partial charge >= 0.3 is 0 Å². The molecule has 0 fully saturated rings. The van der Waals surface area contributed by atoms with Gasteiger partial charge in [-0.05, 0) is 38.0 Å². The van der Waals surface area contributed by atoms with Crippen molar-refractivity contribution < 1.29 is 4.79 Å². The normalized spacial score (nSPS) is 12.0. The molecule has 2 rings (SSSR count). The average Bonchev–Trinajstić information content (AvgIpc) is 2.44. The molecule has 110 valence electrons. The second kappa shape index (κ2) is 6.46. The van der Waals surface area contributed by atoms with E-state index in [2.05, 4.69) is 22.4 Å². The number of nitrogens with one attached hydrogen (secondary N) is 1. The molecule has 0 radical (unpaired) electrons. The zero-order valence-corrected chi connectivity index (χ0v) is 13.6. The van der Waals surface area contributed by atoms with E-state index < -0.39 is 0 Å². The highest BCUT2D eigenvalue weighted by atomic mass is 35.5. The molecule has 2 aromatic rings. The lowest BCUT2D eigenvalue weighted by Crippen LogP contribution is -2.27. The van der Waals surface area contributed by atoms with E-state index >= 15 is 0 Å². The Bertz CT molecular complexity index is 686. The first kappa shape index (κ1) is 15.8. The molecule has 1 atom stereocenters. The molecule has 0 aliphatic carbocycles. The lowest BCUT2D eigenvalue weighted by Gasteiger charge is -2.17. The Kier molecular flexibility index (Phi) is 4.86. The summed E-state index contributed by atoms with van der Waals surface area (Å²) in [5.41, 5.74) is 3.78. The fourth-order valence-electron chi connectivity index (χ4n) is 2.13. The Morgan fingerprint density at radius 3 is 2.62 bits per heavy atom. The summed E-state index contributed by atoms with van der Waals surface area (Å²) in [6.45, 7) is 6.00. The van der Waals surface area contributed by atoms with Crippen LogP contribution >= 0.6 is 23.2 Å². The molecule has 1 amide bonds. The summed E-state index contributed by atoms with van der Waals surface area (Å²) in [6.07, 6.45) is 1.42. The summed E-state index contributed by atoms with van der Waals surface area (Å²) >= 11 is 11.6. The first-order valence-electron chi connectivity index (χ1n) is 6.57. The number of carbonyl (C=O) groups is 1. The standard InChI is InChI=1S/C16H16Cl2N2O/c1-9-4-5-10(2)13(6-9)11(3)20-16(21)12-7-14(17)15(18)19-8-12/h4-8,11H,1-3H3,(H,20,21). The number of rotatable bonds is 3. The van der Waals surface area contributed by atoms with Crippen molar-refractivity contribution >= 4 is 29.1 Å². The molecule has 3 nitrogen and oxygen atoms in total. The molecule has 0 aliphatic heterocycles. The summed E-state index contributed by atoms with van der Waals surface area (Å²) < 4.78 is 0. The van der Waals surface area contributed by atoms with Crippen LogP contribution in [0.5, 0.6) is 0 Å². The SMILES string of the molecule is Cc1ccc(C)c(C(C)NC(=O)c2cnc(Cl)c(Cl)c2)c1. The van der Waals surface area contributed by atoms with Crippen LogP contribution in [0.15, 0.2) is 30.5 Å². The molecule has 1 unspecified atom stereocenters. The van der Waals surface area contributed by atoms with Crippen LogP contribution in [0.3, 0.4) is 0 Å². The van der Waals surface area contributed by atoms with Crippen LogP contribution < -0.4 is 5.32 Å². The third-order valence-electron chi connectivity index (χ3n) is 3.31. The van der Waals surface area contributed by atoms with Crippen molar-refractivity contribution in [1.29, 1.82) is 0 Å². The van der Waals surface area contributed by atoms with Gasteiger partial charge in [0.05, 0.1) is 16.6 Å². The Morgan fingerprint density at radius 2 is 1.95 bits per heavy atom. The highest BCUT2D eigenvalue weighted by Crippen LogP contribution is 2.22. The molecule has 0 spiro atoms. The minimum absolute atomic E-state index is 0.105. The molecule has 1 N–H and O–H groups in total. The molecule has 5 heteroatoms. The van der Waals surface area contributed by atoms with Crippen molar-refractivity contribution in [2.45, 2.75) is 26.8 Å². The fraction of sp³-hybridized carbons (Fsp3) is 0.250. The molecular weight excluding hydrogens is 307 g/mol. The van der Waals surface area contributed by atoms with E-state index in [-0.39, 0.29) is 22.1 Å². The molecule has 1 heterocycles. The molecule has 21 heavy (non-hydrogen) atoms. The highest BCUT2D eigenvalue weighted by molar-refractivity contribution is 6.41. The maximum Gasteiger partial charge on any atom is 0.253 e. The molecule has 0 saturated heterocycles. The van der Waals surface area contributed by atoms with Crippen molar-refractivity contribution in [3.05, 3.63) is 62.9 Å². The Hall–Kier alpha value is -1.58. The topological polar surface area (TPSA) is 42.0 Å². The number of aryl methyl sites for hydroxylation is 2. The lowest BCUT2D eigenvalue weighted by molar-refractivity contribution is 0.0939. The van der Waals surface area contributed by atoms with Gasteiger partial charge in [0.25, 0.3) is 5.91 Å². The van der Waals surface area contributed by atoms with Crippen LogP contribution in [-0.4, -0.2) is 10.9 Å². The van der Waals surface area contributed by atoms with Crippen LogP contribution in [0.1, 0.15) is 40.0 Å². The maximum absolute atomic E-state index is 12.2.